The fourth-order valence-corrected chi connectivity index (χ4v) is 2.30. The number of benzene rings is 1. The lowest BCUT2D eigenvalue weighted by molar-refractivity contribution is 0.0599. The molecule has 0 heterocycles. The molecule has 0 N–H and O–H groups in total. The second-order valence-corrected chi connectivity index (χ2v) is 4.48. The Morgan fingerprint density at radius 3 is 2.50 bits per heavy atom. The predicted octanol–water partition coefficient (Wildman–Crippen LogP) is 3.56. The quantitative estimate of drug-likeness (QED) is 0.778. The number of carbonyl (C=O) groups excluding carboxylic acids is 1. The van der Waals surface area contributed by atoms with Gasteiger partial charge in [0.1, 0.15) is 0 Å². The van der Waals surface area contributed by atoms with Crippen LogP contribution < -0.4 is 0 Å². The van der Waals surface area contributed by atoms with Gasteiger partial charge in [-0.2, -0.15) is 0 Å². The van der Waals surface area contributed by atoms with E-state index in [-0.39, 0.29) is 5.97 Å². The van der Waals surface area contributed by atoms with Crippen molar-refractivity contribution in [1.82, 2.24) is 0 Å². The van der Waals surface area contributed by atoms with Crippen molar-refractivity contribution in [1.29, 1.82) is 0 Å². The third-order valence-corrected chi connectivity index (χ3v) is 3.32. The van der Waals surface area contributed by atoms with E-state index in [0.29, 0.717) is 5.56 Å². The number of halogens is 2. The molecular formula is C10H10Br2O2. The lowest BCUT2D eigenvalue weighted by Crippen LogP contribution is -2.03. The molecule has 0 aliphatic heterocycles. The summed E-state index contributed by atoms with van der Waals surface area (Å²) in [5.74, 6) is -0.333. The van der Waals surface area contributed by atoms with Gasteiger partial charge in [-0.3, -0.25) is 0 Å². The van der Waals surface area contributed by atoms with E-state index in [2.05, 4.69) is 43.5 Å². The van der Waals surface area contributed by atoms with Gasteiger partial charge in [0.2, 0.25) is 0 Å². The first-order valence-electron chi connectivity index (χ1n) is 4.16. The van der Waals surface area contributed by atoms with Crippen molar-refractivity contribution in [2.45, 2.75) is 13.3 Å². The van der Waals surface area contributed by atoms with Crippen molar-refractivity contribution in [2.24, 2.45) is 0 Å². The molecule has 0 spiro atoms. The summed E-state index contributed by atoms with van der Waals surface area (Å²) in [6.07, 6.45) is 0.917. The lowest BCUT2D eigenvalue weighted by atomic mass is 10.1. The van der Waals surface area contributed by atoms with Gasteiger partial charge in [0.05, 0.1) is 12.7 Å². The van der Waals surface area contributed by atoms with Crippen molar-refractivity contribution in [2.75, 3.05) is 7.11 Å². The van der Waals surface area contributed by atoms with Crippen LogP contribution in [-0.2, 0) is 11.2 Å². The van der Waals surface area contributed by atoms with Gasteiger partial charge in [-0.05, 0) is 40.0 Å². The third kappa shape index (κ3) is 2.36. The first-order chi connectivity index (χ1) is 6.60. The maximum absolute atomic E-state index is 11.3. The summed E-state index contributed by atoms with van der Waals surface area (Å²) in [7, 11) is 1.37. The Morgan fingerprint density at radius 1 is 1.36 bits per heavy atom. The molecule has 0 fully saturated rings. The molecule has 4 heteroatoms. The molecule has 0 saturated heterocycles. The highest BCUT2D eigenvalue weighted by atomic mass is 79.9. The van der Waals surface area contributed by atoms with Crippen LogP contribution in [0.2, 0.25) is 0 Å². The van der Waals surface area contributed by atoms with Crippen LogP contribution in [-0.4, -0.2) is 13.1 Å². The van der Waals surface area contributed by atoms with Crippen molar-refractivity contribution in [3.63, 3.8) is 0 Å². The number of hydrogen-bond donors (Lipinski definition) is 0. The van der Waals surface area contributed by atoms with Gasteiger partial charge in [-0.25, -0.2) is 4.79 Å². The number of carbonyl (C=O) groups is 1. The van der Waals surface area contributed by atoms with E-state index in [4.69, 9.17) is 0 Å². The average molecular weight is 322 g/mol. The minimum atomic E-state index is -0.333. The lowest BCUT2D eigenvalue weighted by Gasteiger charge is -2.07. The molecule has 0 saturated carbocycles. The zero-order chi connectivity index (χ0) is 10.7. The zero-order valence-electron chi connectivity index (χ0n) is 7.93. The summed E-state index contributed by atoms with van der Waals surface area (Å²) in [6, 6.07) is 3.70. The third-order valence-electron chi connectivity index (χ3n) is 1.92. The number of ether oxygens (including phenoxy) is 1. The summed E-state index contributed by atoms with van der Waals surface area (Å²) in [6.45, 7) is 2.06. The highest BCUT2D eigenvalue weighted by Crippen LogP contribution is 2.26. The van der Waals surface area contributed by atoms with Gasteiger partial charge >= 0.3 is 5.97 Å². The molecule has 1 rings (SSSR count). The Bertz CT molecular complexity index is 361. The molecule has 0 aliphatic carbocycles. The molecule has 1 aromatic carbocycles. The van der Waals surface area contributed by atoms with E-state index in [1.807, 2.05) is 6.07 Å². The van der Waals surface area contributed by atoms with Gasteiger partial charge in [-0.15, -0.1) is 0 Å². The number of hydrogen-bond acceptors (Lipinski definition) is 2. The Balaban J connectivity index is 3.21. The van der Waals surface area contributed by atoms with E-state index in [1.54, 1.807) is 6.07 Å². The Labute approximate surface area is 99.9 Å². The molecule has 2 nitrogen and oxygen atoms in total. The highest BCUT2D eigenvalue weighted by molar-refractivity contribution is 9.11. The topological polar surface area (TPSA) is 26.3 Å². The first-order valence-corrected chi connectivity index (χ1v) is 5.75. The molecule has 0 aliphatic rings. The van der Waals surface area contributed by atoms with Crippen LogP contribution in [0.5, 0.6) is 0 Å². The molecule has 76 valence electrons. The number of esters is 1. The van der Waals surface area contributed by atoms with Crippen LogP contribution in [0.1, 0.15) is 22.8 Å². The molecule has 0 unspecified atom stereocenters. The van der Waals surface area contributed by atoms with Crippen LogP contribution in [0.25, 0.3) is 0 Å². The minimum Gasteiger partial charge on any atom is -0.465 e. The second-order valence-electron chi connectivity index (χ2n) is 2.77. The maximum atomic E-state index is 11.3. The number of rotatable bonds is 2. The Kier molecular flexibility index (Phi) is 4.13. The van der Waals surface area contributed by atoms with Gasteiger partial charge in [0, 0.05) is 8.95 Å². The summed E-state index contributed by atoms with van der Waals surface area (Å²) in [4.78, 5) is 11.3. The fourth-order valence-electron chi connectivity index (χ4n) is 1.13. The summed E-state index contributed by atoms with van der Waals surface area (Å²) < 4.78 is 6.36. The normalized spacial score (nSPS) is 10.0. The molecule has 1 aromatic rings. The minimum absolute atomic E-state index is 0.333. The smallest absolute Gasteiger partial charge is 0.339 e. The van der Waals surface area contributed by atoms with Crippen molar-refractivity contribution >= 4 is 37.8 Å². The highest BCUT2D eigenvalue weighted by Gasteiger charge is 2.12. The van der Waals surface area contributed by atoms with E-state index < -0.39 is 0 Å². The maximum Gasteiger partial charge on any atom is 0.339 e. The molecule has 14 heavy (non-hydrogen) atoms. The van der Waals surface area contributed by atoms with E-state index >= 15 is 0 Å². The van der Waals surface area contributed by atoms with Crippen LogP contribution in [0, 0.1) is 0 Å². The van der Waals surface area contributed by atoms with Crippen LogP contribution in [0.3, 0.4) is 0 Å². The zero-order valence-corrected chi connectivity index (χ0v) is 11.1. The van der Waals surface area contributed by atoms with Crippen LogP contribution >= 0.6 is 31.9 Å². The predicted molar refractivity (Wildman–Crippen MR) is 62.6 cm³/mol. The van der Waals surface area contributed by atoms with Crippen LogP contribution in [0.15, 0.2) is 21.1 Å². The van der Waals surface area contributed by atoms with E-state index in [9.17, 15) is 4.79 Å². The number of methoxy groups -OCH3 is 1. The average Bonchev–Trinajstić information content (AvgIpc) is 2.19. The first kappa shape index (κ1) is 11.7. The second kappa shape index (κ2) is 4.94. The van der Waals surface area contributed by atoms with Gasteiger partial charge in [0.25, 0.3) is 0 Å². The molecule has 0 radical (unpaired) electrons. The van der Waals surface area contributed by atoms with Crippen molar-refractivity contribution < 1.29 is 9.53 Å². The molecular weight excluding hydrogens is 312 g/mol. The Morgan fingerprint density at radius 2 is 2.00 bits per heavy atom. The van der Waals surface area contributed by atoms with Gasteiger partial charge < -0.3 is 4.74 Å². The summed E-state index contributed by atoms with van der Waals surface area (Å²) in [5.41, 5.74) is 1.70. The summed E-state index contributed by atoms with van der Waals surface area (Å²) >= 11 is 6.75. The Hall–Kier alpha value is -0.350. The van der Waals surface area contributed by atoms with E-state index in [1.165, 1.54) is 7.11 Å². The SMILES string of the molecule is CCc1cc(Br)c(C(=O)OC)cc1Br. The molecule has 0 aromatic heterocycles. The number of aryl methyl sites for hydroxylation is 1. The molecule has 0 bridgehead atoms. The van der Waals surface area contributed by atoms with E-state index in [0.717, 1.165) is 20.9 Å². The summed E-state index contributed by atoms with van der Waals surface area (Å²) in [5, 5.41) is 0. The van der Waals surface area contributed by atoms with Gasteiger partial charge in [0.15, 0.2) is 0 Å². The monoisotopic (exact) mass is 320 g/mol. The molecule has 0 atom stereocenters. The van der Waals surface area contributed by atoms with Gasteiger partial charge in [-0.1, -0.05) is 22.9 Å². The molecule has 0 amide bonds. The van der Waals surface area contributed by atoms with Crippen LogP contribution in [0.4, 0.5) is 0 Å². The van der Waals surface area contributed by atoms with Crippen molar-refractivity contribution in [3.8, 4) is 0 Å². The standard InChI is InChI=1S/C10H10Br2O2/c1-3-6-4-9(12)7(5-8(6)11)10(13)14-2/h4-5H,3H2,1-2H3. The fraction of sp³-hybridized carbons (Fsp3) is 0.300. The van der Waals surface area contributed by atoms with Crippen molar-refractivity contribution in [3.05, 3.63) is 32.2 Å². The largest absolute Gasteiger partial charge is 0.465 e.